The van der Waals surface area contributed by atoms with Crippen LogP contribution in [-0.4, -0.2) is 15.9 Å². The lowest BCUT2D eigenvalue weighted by molar-refractivity contribution is -0.116. The number of hydrogen-bond donors (Lipinski definition) is 2. The molecule has 0 unspecified atom stereocenters. The molecule has 2 aromatic heterocycles. The molecule has 1 amide bonds. The van der Waals surface area contributed by atoms with Crippen LogP contribution < -0.4 is 10.9 Å². The van der Waals surface area contributed by atoms with Crippen LogP contribution in [0.25, 0.3) is 22.2 Å². The summed E-state index contributed by atoms with van der Waals surface area (Å²) in [6.45, 7) is 4.04. The van der Waals surface area contributed by atoms with Crippen molar-refractivity contribution in [3.63, 3.8) is 0 Å². The molecule has 0 radical (unpaired) electrons. The molecular weight excluding hydrogens is 314 g/mol. The second-order valence-corrected chi connectivity index (χ2v) is 6.12. The zero-order valence-corrected chi connectivity index (χ0v) is 14.4. The highest BCUT2D eigenvalue weighted by molar-refractivity contribution is 5.94. The van der Waals surface area contributed by atoms with Crippen molar-refractivity contribution in [3.05, 3.63) is 58.5 Å². The molecule has 0 fully saturated rings. The molecule has 0 saturated heterocycles. The van der Waals surface area contributed by atoms with Crippen LogP contribution in [-0.2, 0) is 4.79 Å². The summed E-state index contributed by atoms with van der Waals surface area (Å²) in [5.74, 6) is 0.0271. The minimum Gasteiger partial charge on any atom is -0.329 e. The van der Waals surface area contributed by atoms with E-state index < -0.39 is 0 Å². The van der Waals surface area contributed by atoms with Crippen molar-refractivity contribution in [2.75, 3.05) is 5.32 Å². The number of nitrogens with zero attached hydrogens (tertiary/aromatic N) is 1. The number of aryl methyl sites for hydroxylation is 1. The number of rotatable bonds is 5. The Morgan fingerprint density at radius 1 is 1.24 bits per heavy atom. The van der Waals surface area contributed by atoms with Gasteiger partial charge in [-0.25, -0.2) is 4.98 Å². The third-order valence-corrected chi connectivity index (χ3v) is 4.15. The Morgan fingerprint density at radius 2 is 2.08 bits per heavy atom. The van der Waals surface area contributed by atoms with Gasteiger partial charge in [0.1, 0.15) is 0 Å². The van der Waals surface area contributed by atoms with Gasteiger partial charge in [-0.3, -0.25) is 9.59 Å². The molecule has 0 aliphatic rings. The first-order valence-electron chi connectivity index (χ1n) is 8.48. The average molecular weight is 335 g/mol. The number of benzene rings is 1. The van der Waals surface area contributed by atoms with Gasteiger partial charge in [0.25, 0.3) is 5.56 Å². The van der Waals surface area contributed by atoms with Crippen LogP contribution in [0.1, 0.15) is 31.7 Å². The number of unbranched alkanes of at least 4 members (excludes halogenated alkanes) is 1. The third-order valence-electron chi connectivity index (χ3n) is 4.15. The monoisotopic (exact) mass is 335 g/mol. The molecule has 2 heterocycles. The summed E-state index contributed by atoms with van der Waals surface area (Å²) in [7, 11) is 0. The van der Waals surface area contributed by atoms with Crippen LogP contribution in [0.3, 0.4) is 0 Å². The van der Waals surface area contributed by atoms with Gasteiger partial charge in [-0.2, -0.15) is 0 Å². The number of hydrogen-bond acceptors (Lipinski definition) is 3. The highest BCUT2D eigenvalue weighted by atomic mass is 16.1. The molecule has 128 valence electrons. The Morgan fingerprint density at radius 3 is 2.84 bits per heavy atom. The van der Waals surface area contributed by atoms with E-state index in [9.17, 15) is 9.59 Å². The topological polar surface area (TPSA) is 74.8 Å². The minimum atomic E-state index is -0.159. The highest BCUT2D eigenvalue weighted by Gasteiger charge is 2.09. The first-order valence-corrected chi connectivity index (χ1v) is 8.48. The number of carbonyl (C=O) groups excluding carboxylic acids is 1. The molecule has 1 aromatic carbocycles. The van der Waals surface area contributed by atoms with Gasteiger partial charge in [-0.05, 0) is 55.3 Å². The van der Waals surface area contributed by atoms with Gasteiger partial charge < -0.3 is 10.3 Å². The largest absolute Gasteiger partial charge is 0.329 e. The molecule has 0 saturated carbocycles. The standard InChI is InChI=1S/C20H21N3O2/c1-3-4-7-19(24)22-14-8-9-17-16(12-14)13(2)11-18(23-17)15-6-5-10-21-20(15)25/h5-6,8-12H,3-4,7H2,1-2H3,(H,21,25)(H,22,24). The van der Waals surface area contributed by atoms with Gasteiger partial charge in [0.15, 0.2) is 0 Å². The predicted octanol–water partition coefficient (Wildman–Crippen LogP) is 4.03. The van der Waals surface area contributed by atoms with Gasteiger partial charge in [-0.1, -0.05) is 13.3 Å². The van der Waals surface area contributed by atoms with Gasteiger partial charge in [0.2, 0.25) is 5.91 Å². The molecule has 0 spiro atoms. The number of carbonyl (C=O) groups is 1. The lowest BCUT2D eigenvalue weighted by Gasteiger charge is -2.09. The maximum Gasteiger partial charge on any atom is 0.257 e. The Labute approximate surface area is 146 Å². The van der Waals surface area contributed by atoms with Crippen molar-refractivity contribution in [2.24, 2.45) is 0 Å². The van der Waals surface area contributed by atoms with Crippen molar-refractivity contribution < 1.29 is 4.79 Å². The van der Waals surface area contributed by atoms with Crippen LogP contribution in [0.5, 0.6) is 0 Å². The molecule has 25 heavy (non-hydrogen) atoms. The first-order chi connectivity index (χ1) is 12.1. The Hall–Kier alpha value is -2.95. The number of H-pyrrole nitrogens is 1. The molecule has 0 bridgehead atoms. The van der Waals surface area contributed by atoms with E-state index in [4.69, 9.17) is 0 Å². The van der Waals surface area contributed by atoms with E-state index in [0.717, 1.165) is 35.0 Å². The van der Waals surface area contributed by atoms with Crippen LogP contribution >= 0.6 is 0 Å². The lowest BCUT2D eigenvalue weighted by atomic mass is 10.1. The van der Waals surface area contributed by atoms with Crippen LogP contribution in [0.2, 0.25) is 0 Å². The number of pyridine rings is 2. The van der Waals surface area contributed by atoms with E-state index >= 15 is 0 Å². The van der Waals surface area contributed by atoms with Crippen molar-refractivity contribution in [1.82, 2.24) is 9.97 Å². The third kappa shape index (κ3) is 3.76. The van der Waals surface area contributed by atoms with Crippen LogP contribution in [0, 0.1) is 6.92 Å². The molecule has 2 N–H and O–H groups in total. The SMILES string of the molecule is CCCCC(=O)Nc1ccc2nc(-c3ccc[nH]c3=O)cc(C)c2c1. The van der Waals surface area contributed by atoms with Crippen molar-refractivity contribution in [1.29, 1.82) is 0 Å². The smallest absolute Gasteiger partial charge is 0.257 e. The summed E-state index contributed by atoms with van der Waals surface area (Å²) >= 11 is 0. The van der Waals surface area contributed by atoms with Gasteiger partial charge in [0.05, 0.1) is 16.8 Å². The van der Waals surface area contributed by atoms with Crippen LogP contribution in [0.15, 0.2) is 47.4 Å². The van der Waals surface area contributed by atoms with Gasteiger partial charge in [-0.15, -0.1) is 0 Å². The second-order valence-electron chi connectivity index (χ2n) is 6.12. The lowest BCUT2D eigenvalue weighted by Crippen LogP contribution is -2.11. The van der Waals surface area contributed by atoms with Crippen molar-refractivity contribution in [2.45, 2.75) is 33.1 Å². The summed E-state index contributed by atoms with van der Waals surface area (Å²) in [5.41, 5.74) is 3.60. The molecule has 3 aromatic rings. The highest BCUT2D eigenvalue weighted by Crippen LogP contribution is 2.25. The quantitative estimate of drug-likeness (QED) is 0.739. The minimum absolute atomic E-state index is 0.0271. The van der Waals surface area contributed by atoms with Crippen LogP contribution in [0.4, 0.5) is 5.69 Å². The summed E-state index contributed by atoms with van der Waals surface area (Å²) in [4.78, 5) is 31.2. The summed E-state index contributed by atoms with van der Waals surface area (Å²) in [6.07, 6.45) is 4.01. The Bertz CT molecular complexity index is 976. The second kappa shape index (κ2) is 7.30. The maximum absolute atomic E-state index is 12.0. The van der Waals surface area contributed by atoms with E-state index in [1.165, 1.54) is 0 Å². The zero-order chi connectivity index (χ0) is 17.8. The van der Waals surface area contributed by atoms with E-state index in [1.54, 1.807) is 18.3 Å². The maximum atomic E-state index is 12.0. The molecule has 0 aliphatic heterocycles. The number of aromatic nitrogens is 2. The average Bonchev–Trinajstić information content (AvgIpc) is 2.60. The fourth-order valence-electron chi connectivity index (χ4n) is 2.79. The van der Waals surface area contributed by atoms with Gasteiger partial charge in [0, 0.05) is 23.7 Å². The number of fused-ring (bicyclic) bond motifs is 1. The summed E-state index contributed by atoms with van der Waals surface area (Å²) in [6, 6.07) is 11.1. The first kappa shape index (κ1) is 16.9. The zero-order valence-electron chi connectivity index (χ0n) is 14.4. The summed E-state index contributed by atoms with van der Waals surface area (Å²) in [5, 5.41) is 3.89. The van der Waals surface area contributed by atoms with E-state index in [2.05, 4.69) is 22.2 Å². The molecular formula is C20H21N3O2. The number of nitrogens with one attached hydrogen (secondary N) is 2. The molecule has 3 rings (SSSR count). The van der Waals surface area contributed by atoms with E-state index in [1.807, 2.05) is 31.2 Å². The van der Waals surface area contributed by atoms with E-state index in [0.29, 0.717) is 17.7 Å². The molecule has 5 nitrogen and oxygen atoms in total. The number of amides is 1. The van der Waals surface area contributed by atoms with Gasteiger partial charge >= 0.3 is 0 Å². The fraction of sp³-hybridized carbons (Fsp3) is 0.250. The normalized spacial score (nSPS) is 10.8. The van der Waals surface area contributed by atoms with E-state index in [-0.39, 0.29) is 11.5 Å². The Kier molecular flexibility index (Phi) is 4.93. The summed E-state index contributed by atoms with van der Waals surface area (Å²) < 4.78 is 0. The Balaban J connectivity index is 1.96. The van der Waals surface area contributed by atoms with Crippen molar-refractivity contribution in [3.8, 4) is 11.3 Å². The van der Waals surface area contributed by atoms with Crippen molar-refractivity contribution >= 4 is 22.5 Å². The number of anilines is 1. The fourth-order valence-corrected chi connectivity index (χ4v) is 2.79. The molecule has 5 heteroatoms. The molecule has 0 aliphatic carbocycles. The predicted molar refractivity (Wildman–Crippen MR) is 101 cm³/mol. The molecule has 0 atom stereocenters. The number of aromatic amines is 1.